The largest absolute Gasteiger partial charge is 0.390 e. The van der Waals surface area contributed by atoms with Gasteiger partial charge in [-0.15, -0.1) is 11.3 Å². The Morgan fingerprint density at radius 1 is 1.30 bits per heavy atom. The molecule has 4 bridgehead atoms. The van der Waals surface area contributed by atoms with Gasteiger partial charge in [0.15, 0.2) is 5.76 Å². The summed E-state index contributed by atoms with van der Waals surface area (Å²) in [5.41, 5.74) is 0.653. The highest BCUT2D eigenvalue weighted by atomic mass is 32.1. The molecule has 2 atom stereocenters. The van der Waals surface area contributed by atoms with E-state index < -0.39 is 5.60 Å². The second-order valence-corrected chi connectivity index (χ2v) is 8.93. The maximum atomic E-state index is 10.8. The van der Waals surface area contributed by atoms with Gasteiger partial charge >= 0.3 is 0 Å². The molecule has 0 aromatic carbocycles. The summed E-state index contributed by atoms with van der Waals surface area (Å²) < 4.78 is 5.47. The molecule has 2 unspecified atom stereocenters. The van der Waals surface area contributed by atoms with Crippen molar-refractivity contribution in [2.45, 2.75) is 56.2 Å². The molecule has 4 nitrogen and oxygen atoms in total. The fourth-order valence-corrected chi connectivity index (χ4v) is 6.30. The Balaban J connectivity index is 1.31. The minimum atomic E-state index is -0.414. The second-order valence-electron chi connectivity index (χ2n) is 7.98. The third kappa shape index (κ3) is 2.46. The van der Waals surface area contributed by atoms with Crippen molar-refractivity contribution in [3.05, 3.63) is 29.3 Å². The Kier molecular flexibility index (Phi) is 3.03. The van der Waals surface area contributed by atoms with Gasteiger partial charge in [0.25, 0.3) is 0 Å². The van der Waals surface area contributed by atoms with Gasteiger partial charge in [0.2, 0.25) is 0 Å². The molecular formula is C18H22N2O2S. The fourth-order valence-electron chi connectivity index (χ4n) is 5.63. The number of nitrogens with zero attached hydrogens (tertiary/aromatic N) is 1. The van der Waals surface area contributed by atoms with Crippen molar-refractivity contribution in [1.82, 2.24) is 10.5 Å². The summed E-state index contributed by atoms with van der Waals surface area (Å²) in [5, 5.41) is 20.8. The molecule has 4 aliphatic carbocycles. The van der Waals surface area contributed by atoms with Gasteiger partial charge < -0.3 is 14.9 Å². The molecule has 2 aromatic heterocycles. The van der Waals surface area contributed by atoms with Gasteiger partial charge in [0, 0.05) is 18.2 Å². The molecule has 4 fully saturated rings. The summed E-state index contributed by atoms with van der Waals surface area (Å²) in [6.07, 6.45) is 6.67. The number of aromatic nitrogens is 1. The zero-order chi connectivity index (χ0) is 15.5. The number of hydrogen-bond acceptors (Lipinski definition) is 5. The van der Waals surface area contributed by atoms with Crippen molar-refractivity contribution in [2.75, 3.05) is 0 Å². The van der Waals surface area contributed by atoms with Crippen LogP contribution < -0.4 is 5.32 Å². The van der Waals surface area contributed by atoms with E-state index in [4.69, 9.17) is 4.52 Å². The first-order valence-corrected chi connectivity index (χ1v) is 9.46. The average molecular weight is 330 g/mol. The van der Waals surface area contributed by atoms with Gasteiger partial charge in [-0.05, 0) is 61.8 Å². The van der Waals surface area contributed by atoms with Crippen LogP contribution in [0.25, 0.3) is 10.6 Å². The monoisotopic (exact) mass is 330 g/mol. The lowest BCUT2D eigenvalue weighted by molar-refractivity contribution is -0.142. The molecule has 0 radical (unpaired) electrons. The molecule has 0 saturated heterocycles. The molecule has 2 aromatic rings. The molecule has 2 N–H and O–H groups in total. The van der Waals surface area contributed by atoms with Crippen LogP contribution in [0.2, 0.25) is 0 Å². The molecule has 5 heteroatoms. The fraction of sp³-hybridized carbons (Fsp3) is 0.611. The Bertz CT molecular complexity index is 694. The highest BCUT2D eigenvalue weighted by Crippen LogP contribution is 2.57. The van der Waals surface area contributed by atoms with Crippen LogP contribution in [-0.2, 0) is 6.54 Å². The lowest BCUT2D eigenvalue weighted by Crippen LogP contribution is -2.64. The summed E-state index contributed by atoms with van der Waals surface area (Å²) in [4.78, 5) is 1.12. The molecule has 2 heterocycles. The highest BCUT2D eigenvalue weighted by Gasteiger charge is 2.56. The average Bonchev–Trinajstić information content (AvgIpc) is 3.14. The van der Waals surface area contributed by atoms with Crippen LogP contribution in [0.4, 0.5) is 0 Å². The van der Waals surface area contributed by atoms with Crippen LogP contribution in [0.3, 0.4) is 0 Å². The van der Waals surface area contributed by atoms with E-state index in [0.717, 1.165) is 42.1 Å². The van der Waals surface area contributed by atoms with E-state index in [2.05, 4.69) is 16.5 Å². The number of thiophene rings is 1. The predicted octanol–water partition coefficient (Wildman–Crippen LogP) is 3.58. The van der Waals surface area contributed by atoms with Gasteiger partial charge in [-0.2, -0.15) is 0 Å². The maximum Gasteiger partial charge on any atom is 0.177 e. The molecule has 4 aliphatic rings. The molecular weight excluding hydrogens is 308 g/mol. The zero-order valence-electron chi connectivity index (χ0n) is 13.1. The summed E-state index contributed by atoms with van der Waals surface area (Å²) in [7, 11) is 0. The summed E-state index contributed by atoms with van der Waals surface area (Å²) in [5.74, 6) is 2.25. The molecule has 122 valence electrons. The minimum absolute atomic E-state index is 0.112. The molecule has 0 spiro atoms. The van der Waals surface area contributed by atoms with Crippen molar-refractivity contribution >= 4 is 11.3 Å². The number of rotatable bonds is 4. The first-order valence-electron chi connectivity index (χ1n) is 8.58. The third-order valence-corrected chi connectivity index (χ3v) is 6.88. The summed E-state index contributed by atoms with van der Waals surface area (Å²) in [6.45, 7) is 0.727. The van der Waals surface area contributed by atoms with E-state index in [1.165, 1.54) is 19.3 Å². The quantitative estimate of drug-likeness (QED) is 0.900. The van der Waals surface area contributed by atoms with Gasteiger partial charge in [-0.25, -0.2) is 0 Å². The molecule has 0 amide bonds. The Labute approximate surface area is 139 Å². The molecule has 4 saturated carbocycles. The molecule has 23 heavy (non-hydrogen) atoms. The van der Waals surface area contributed by atoms with Crippen LogP contribution in [0, 0.1) is 11.8 Å². The zero-order valence-corrected chi connectivity index (χ0v) is 13.9. The van der Waals surface area contributed by atoms with E-state index in [1.54, 1.807) is 11.3 Å². The van der Waals surface area contributed by atoms with E-state index in [-0.39, 0.29) is 5.54 Å². The number of aliphatic hydroxyl groups is 1. The summed E-state index contributed by atoms with van der Waals surface area (Å²) >= 11 is 1.67. The highest BCUT2D eigenvalue weighted by molar-refractivity contribution is 7.13. The van der Waals surface area contributed by atoms with Gasteiger partial charge in [-0.1, -0.05) is 11.2 Å². The predicted molar refractivity (Wildman–Crippen MR) is 89.0 cm³/mol. The van der Waals surface area contributed by atoms with Gasteiger partial charge in [0.1, 0.15) is 0 Å². The minimum Gasteiger partial charge on any atom is -0.390 e. The van der Waals surface area contributed by atoms with Crippen LogP contribution in [0.1, 0.15) is 44.2 Å². The van der Waals surface area contributed by atoms with Gasteiger partial charge in [-0.3, -0.25) is 0 Å². The second kappa shape index (κ2) is 4.91. The van der Waals surface area contributed by atoms with Crippen molar-refractivity contribution < 1.29 is 9.63 Å². The Morgan fingerprint density at radius 2 is 2.13 bits per heavy atom. The van der Waals surface area contributed by atoms with Crippen molar-refractivity contribution in [3.63, 3.8) is 0 Å². The number of hydrogen-bond donors (Lipinski definition) is 2. The van der Waals surface area contributed by atoms with Crippen LogP contribution in [-0.4, -0.2) is 21.4 Å². The standard InChI is InChI=1S/C18H22N2O2S/c21-18-8-12-4-13(9-18)7-17(6-12,11-18)19-10-14-5-15(22-20-14)16-2-1-3-23-16/h1-3,5,12-13,19,21H,4,6-11H2. The summed E-state index contributed by atoms with van der Waals surface area (Å²) in [6, 6.07) is 6.11. The Hall–Kier alpha value is -1.17. The smallest absolute Gasteiger partial charge is 0.177 e. The van der Waals surface area contributed by atoms with Crippen LogP contribution in [0.15, 0.2) is 28.1 Å². The van der Waals surface area contributed by atoms with E-state index in [0.29, 0.717) is 11.8 Å². The normalized spacial score (nSPS) is 38.3. The van der Waals surface area contributed by atoms with E-state index in [9.17, 15) is 5.11 Å². The van der Waals surface area contributed by atoms with Crippen LogP contribution >= 0.6 is 11.3 Å². The lowest BCUT2D eigenvalue weighted by Gasteiger charge is -2.60. The first-order chi connectivity index (χ1) is 11.1. The van der Waals surface area contributed by atoms with Crippen molar-refractivity contribution in [2.24, 2.45) is 11.8 Å². The van der Waals surface area contributed by atoms with Crippen molar-refractivity contribution in [3.8, 4) is 10.6 Å². The molecule has 6 rings (SSSR count). The van der Waals surface area contributed by atoms with Crippen molar-refractivity contribution in [1.29, 1.82) is 0 Å². The third-order valence-electron chi connectivity index (χ3n) is 6.00. The van der Waals surface area contributed by atoms with E-state index >= 15 is 0 Å². The SMILES string of the molecule is OC12CC3CC(C1)CC(NCc1cc(-c4cccs4)on1)(C3)C2. The number of nitrogens with one attached hydrogen (secondary N) is 1. The Morgan fingerprint density at radius 3 is 2.83 bits per heavy atom. The van der Waals surface area contributed by atoms with E-state index in [1.807, 2.05) is 17.5 Å². The first kappa shape index (κ1) is 14.2. The van der Waals surface area contributed by atoms with Gasteiger partial charge in [0.05, 0.1) is 16.2 Å². The van der Waals surface area contributed by atoms with Crippen LogP contribution in [0.5, 0.6) is 0 Å². The maximum absolute atomic E-state index is 10.8. The molecule has 0 aliphatic heterocycles. The lowest BCUT2D eigenvalue weighted by atomic mass is 9.51. The topological polar surface area (TPSA) is 58.3 Å².